The number of rotatable bonds is 4. The lowest BCUT2D eigenvalue weighted by molar-refractivity contribution is -0.123. The topological polar surface area (TPSA) is 74.3 Å². The molecule has 1 aliphatic heterocycles. The maximum atomic E-state index is 12.7. The molecule has 0 saturated carbocycles. The van der Waals surface area contributed by atoms with Crippen LogP contribution >= 0.6 is 27.7 Å². The normalized spacial score (nSPS) is 15.2. The van der Waals surface area contributed by atoms with Gasteiger partial charge in [0.25, 0.3) is 11.1 Å². The molecule has 0 spiro atoms. The number of carbonyl (C=O) groups excluding carboxylic acids is 2. The van der Waals surface area contributed by atoms with Gasteiger partial charge in [0.15, 0.2) is 0 Å². The van der Waals surface area contributed by atoms with E-state index < -0.39 is 0 Å². The highest BCUT2D eigenvalue weighted by molar-refractivity contribution is 9.10. The fraction of sp³-hybridized carbons (Fsp3) is 0.0455. The zero-order chi connectivity index (χ0) is 20.4. The molecule has 0 unspecified atom stereocenters. The number of nitrogens with zero attached hydrogens (tertiary/aromatic N) is 2. The average Bonchev–Trinajstić information content (AvgIpc) is 3.28. The Bertz CT molecular complexity index is 1190. The highest BCUT2D eigenvalue weighted by Gasteiger charge is 2.35. The van der Waals surface area contributed by atoms with Crippen LogP contribution in [0.5, 0.6) is 0 Å². The summed E-state index contributed by atoms with van der Waals surface area (Å²) < 4.78 is 6.69. The molecule has 0 aliphatic carbocycles. The quantitative estimate of drug-likeness (QED) is 0.454. The predicted molar refractivity (Wildman–Crippen MR) is 115 cm³/mol. The zero-order valence-electron chi connectivity index (χ0n) is 15.0. The standard InChI is InChI=1S/C22H13BrN2O3S/c23-16-6-3-4-14(10-16)13-25-21(26)20(29-22(25)27)11-17-8-9-19(28-17)18-7-2-1-5-15(18)12-24/h1-11H,13H2/b20-11+. The van der Waals surface area contributed by atoms with Crippen LogP contribution in [0, 0.1) is 11.3 Å². The van der Waals surface area contributed by atoms with E-state index in [9.17, 15) is 14.9 Å². The van der Waals surface area contributed by atoms with E-state index in [2.05, 4.69) is 22.0 Å². The van der Waals surface area contributed by atoms with Gasteiger partial charge >= 0.3 is 0 Å². The van der Waals surface area contributed by atoms with Crippen LogP contribution in [0.3, 0.4) is 0 Å². The second kappa shape index (κ2) is 8.11. The molecule has 1 aromatic heterocycles. The van der Waals surface area contributed by atoms with Crippen LogP contribution in [-0.4, -0.2) is 16.0 Å². The van der Waals surface area contributed by atoms with Crippen LogP contribution in [0.15, 0.2) is 74.5 Å². The average molecular weight is 465 g/mol. The van der Waals surface area contributed by atoms with Gasteiger partial charge in [-0.25, -0.2) is 0 Å². The van der Waals surface area contributed by atoms with Crippen LogP contribution in [0.4, 0.5) is 4.79 Å². The van der Waals surface area contributed by atoms with Gasteiger partial charge in [-0.2, -0.15) is 5.26 Å². The molecule has 0 radical (unpaired) electrons. The number of benzene rings is 2. The fourth-order valence-corrected chi connectivity index (χ4v) is 4.22. The summed E-state index contributed by atoms with van der Waals surface area (Å²) in [5.74, 6) is 0.623. The van der Waals surface area contributed by atoms with E-state index in [0.717, 1.165) is 21.8 Å². The molecule has 0 atom stereocenters. The first kappa shape index (κ1) is 19.2. The highest BCUT2D eigenvalue weighted by atomic mass is 79.9. The Hall–Kier alpha value is -3.08. The molecule has 7 heteroatoms. The summed E-state index contributed by atoms with van der Waals surface area (Å²) in [7, 11) is 0. The third-order valence-corrected chi connectivity index (χ3v) is 5.72. The van der Waals surface area contributed by atoms with Gasteiger partial charge in [-0.3, -0.25) is 14.5 Å². The van der Waals surface area contributed by atoms with Gasteiger partial charge in [-0.1, -0.05) is 40.2 Å². The zero-order valence-corrected chi connectivity index (χ0v) is 17.4. The molecule has 29 heavy (non-hydrogen) atoms. The van der Waals surface area contributed by atoms with Gasteiger partial charge < -0.3 is 4.42 Å². The number of halogens is 1. The minimum absolute atomic E-state index is 0.209. The second-order valence-corrected chi connectivity index (χ2v) is 8.17. The van der Waals surface area contributed by atoms with Crippen molar-refractivity contribution in [3.8, 4) is 17.4 Å². The number of amides is 2. The Labute approximate surface area is 179 Å². The number of hydrogen-bond acceptors (Lipinski definition) is 5. The maximum absolute atomic E-state index is 12.7. The molecule has 5 nitrogen and oxygen atoms in total. The Morgan fingerprint density at radius 2 is 1.93 bits per heavy atom. The number of hydrogen-bond donors (Lipinski definition) is 0. The number of carbonyl (C=O) groups is 2. The summed E-state index contributed by atoms with van der Waals surface area (Å²) in [4.78, 5) is 26.6. The van der Waals surface area contributed by atoms with Crippen LogP contribution in [0.2, 0.25) is 0 Å². The number of imide groups is 1. The van der Waals surface area contributed by atoms with Crippen molar-refractivity contribution in [1.82, 2.24) is 4.90 Å². The van der Waals surface area contributed by atoms with E-state index in [1.54, 1.807) is 36.4 Å². The minimum atomic E-state index is -0.352. The monoisotopic (exact) mass is 464 g/mol. The summed E-state index contributed by atoms with van der Waals surface area (Å²) in [5, 5.41) is 8.93. The van der Waals surface area contributed by atoms with Gasteiger partial charge in [-0.15, -0.1) is 0 Å². The van der Waals surface area contributed by atoms with Crippen LogP contribution in [0.25, 0.3) is 17.4 Å². The van der Waals surface area contributed by atoms with Gasteiger partial charge in [0.05, 0.1) is 23.1 Å². The van der Waals surface area contributed by atoms with Gasteiger partial charge in [0.1, 0.15) is 11.5 Å². The summed E-state index contributed by atoms with van der Waals surface area (Å²) in [6, 6.07) is 20.2. The van der Waals surface area contributed by atoms with E-state index in [1.807, 2.05) is 30.3 Å². The van der Waals surface area contributed by atoms with Crippen molar-refractivity contribution < 1.29 is 14.0 Å². The van der Waals surface area contributed by atoms with Gasteiger partial charge in [0, 0.05) is 16.1 Å². The first-order valence-corrected chi connectivity index (χ1v) is 10.3. The Balaban J connectivity index is 1.57. The predicted octanol–water partition coefficient (Wildman–Crippen LogP) is 5.82. The van der Waals surface area contributed by atoms with E-state index in [1.165, 1.54) is 4.90 Å². The lowest BCUT2D eigenvalue weighted by atomic mass is 10.1. The molecule has 3 aromatic rings. The molecule has 142 valence electrons. The van der Waals surface area contributed by atoms with Gasteiger partial charge in [-0.05, 0) is 53.7 Å². The van der Waals surface area contributed by atoms with Crippen molar-refractivity contribution >= 4 is 44.9 Å². The SMILES string of the molecule is N#Cc1ccccc1-c1ccc(/C=C2/SC(=O)N(Cc3cccc(Br)c3)C2=O)o1. The van der Waals surface area contributed by atoms with Crippen molar-refractivity contribution in [2.75, 3.05) is 0 Å². The van der Waals surface area contributed by atoms with Crippen molar-refractivity contribution in [3.05, 3.63) is 86.9 Å². The maximum Gasteiger partial charge on any atom is 0.293 e. The number of nitriles is 1. The Morgan fingerprint density at radius 1 is 1.10 bits per heavy atom. The van der Waals surface area contributed by atoms with E-state index in [0.29, 0.717) is 27.6 Å². The second-order valence-electron chi connectivity index (χ2n) is 6.26. The van der Waals surface area contributed by atoms with Crippen molar-refractivity contribution in [3.63, 3.8) is 0 Å². The van der Waals surface area contributed by atoms with Crippen molar-refractivity contribution in [2.24, 2.45) is 0 Å². The first-order chi connectivity index (χ1) is 14.0. The summed E-state index contributed by atoms with van der Waals surface area (Å²) in [6.07, 6.45) is 1.56. The molecule has 4 rings (SSSR count). The molecule has 1 fully saturated rings. The molecule has 2 heterocycles. The summed E-state index contributed by atoms with van der Waals surface area (Å²) in [6.45, 7) is 0.209. The Morgan fingerprint density at radius 3 is 2.72 bits per heavy atom. The third-order valence-electron chi connectivity index (χ3n) is 4.32. The molecule has 2 aromatic carbocycles. The van der Waals surface area contributed by atoms with Crippen LogP contribution < -0.4 is 0 Å². The molecular formula is C22H13BrN2O3S. The number of furan rings is 1. The van der Waals surface area contributed by atoms with E-state index >= 15 is 0 Å². The van der Waals surface area contributed by atoms with Crippen LogP contribution in [-0.2, 0) is 11.3 Å². The van der Waals surface area contributed by atoms with Crippen LogP contribution in [0.1, 0.15) is 16.9 Å². The fourth-order valence-electron chi connectivity index (χ4n) is 2.95. The van der Waals surface area contributed by atoms with Gasteiger partial charge in [0.2, 0.25) is 0 Å². The van der Waals surface area contributed by atoms with E-state index in [-0.39, 0.29) is 17.7 Å². The summed E-state index contributed by atoms with van der Waals surface area (Å²) in [5.41, 5.74) is 2.04. The molecule has 0 bridgehead atoms. The third kappa shape index (κ3) is 4.04. The molecular weight excluding hydrogens is 452 g/mol. The summed E-state index contributed by atoms with van der Waals surface area (Å²) >= 11 is 4.28. The molecule has 1 aliphatic rings. The molecule has 0 N–H and O–H groups in total. The highest BCUT2D eigenvalue weighted by Crippen LogP contribution is 2.34. The lowest BCUT2D eigenvalue weighted by Gasteiger charge is -2.12. The smallest absolute Gasteiger partial charge is 0.293 e. The lowest BCUT2D eigenvalue weighted by Crippen LogP contribution is -2.27. The molecule has 2 amide bonds. The van der Waals surface area contributed by atoms with E-state index in [4.69, 9.17) is 4.42 Å². The van der Waals surface area contributed by atoms with Crippen molar-refractivity contribution in [1.29, 1.82) is 5.26 Å². The minimum Gasteiger partial charge on any atom is -0.457 e. The van der Waals surface area contributed by atoms with Crippen molar-refractivity contribution in [2.45, 2.75) is 6.54 Å². The Kier molecular flexibility index (Phi) is 5.38. The molecule has 1 saturated heterocycles. The largest absolute Gasteiger partial charge is 0.457 e. The first-order valence-electron chi connectivity index (χ1n) is 8.64. The number of thioether (sulfide) groups is 1.